The zero-order chi connectivity index (χ0) is 29.8. The maximum atomic E-state index is 4.46. The van der Waals surface area contributed by atoms with Gasteiger partial charge in [-0.3, -0.25) is 0 Å². The predicted octanol–water partition coefficient (Wildman–Crippen LogP) is 13.5. The molecule has 2 aliphatic carbocycles. The van der Waals surface area contributed by atoms with E-state index in [4.69, 9.17) is 0 Å². The Bertz CT molecular complexity index is 776. The van der Waals surface area contributed by atoms with Gasteiger partial charge in [0.15, 0.2) is 0 Å². The highest BCUT2D eigenvalue weighted by molar-refractivity contribution is 5.06. The van der Waals surface area contributed by atoms with Gasteiger partial charge in [0.2, 0.25) is 0 Å². The van der Waals surface area contributed by atoms with Crippen LogP contribution in [0.25, 0.3) is 0 Å². The molecule has 2 aliphatic rings. The summed E-state index contributed by atoms with van der Waals surface area (Å²) in [5.74, 6) is 5.16. The molecule has 0 spiro atoms. The minimum absolute atomic E-state index is 0.352. The third-order valence-corrected chi connectivity index (χ3v) is 11.6. The van der Waals surface area contributed by atoms with Gasteiger partial charge >= 0.3 is 0 Å². The lowest BCUT2D eigenvalue weighted by molar-refractivity contribution is 0.0767. The lowest BCUT2D eigenvalue weighted by atomic mass is 9.62. The first-order chi connectivity index (χ1) is 18.8. The second kappa shape index (κ2) is 17.4. The van der Waals surface area contributed by atoms with Gasteiger partial charge in [0.25, 0.3) is 0 Å². The Morgan fingerprint density at radius 1 is 0.850 bits per heavy atom. The highest BCUT2D eigenvalue weighted by Gasteiger charge is 2.36. The van der Waals surface area contributed by atoms with E-state index in [0.717, 1.165) is 35.5 Å². The number of hydrogen-bond acceptors (Lipinski definition) is 0. The molecule has 1 fully saturated rings. The van der Waals surface area contributed by atoms with Gasteiger partial charge in [-0.1, -0.05) is 136 Å². The Labute approximate surface area is 253 Å². The maximum Gasteiger partial charge on any atom is -0.0144 e. The summed E-state index contributed by atoms with van der Waals surface area (Å²) in [5, 5.41) is 0. The quantitative estimate of drug-likeness (QED) is 0.117. The fourth-order valence-electron chi connectivity index (χ4n) is 8.53. The van der Waals surface area contributed by atoms with Gasteiger partial charge in [0.05, 0.1) is 0 Å². The van der Waals surface area contributed by atoms with Crippen LogP contribution in [0.3, 0.4) is 0 Å². The van der Waals surface area contributed by atoms with Crippen LogP contribution in [0, 0.1) is 46.3 Å². The second-order valence-corrected chi connectivity index (χ2v) is 16.4. The summed E-state index contributed by atoms with van der Waals surface area (Å²) >= 11 is 0. The normalized spacial score (nSPS) is 27.9. The SMILES string of the molecule is C=C(CCCC(C)CCCC[C@H](C)CC/C=C(\C)CC[C@@H]1[C@@H](C)CCCC1(C)C)CC[C@@H]1[C@H](C)CC=CC1(C)C. The minimum Gasteiger partial charge on any atom is -0.0999 e. The predicted molar refractivity (Wildman–Crippen MR) is 182 cm³/mol. The van der Waals surface area contributed by atoms with Crippen molar-refractivity contribution in [1.29, 1.82) is 0 Å². The van der Waals surface area contributed by atoms with E-state index >= 15 is 0 Å². The first-order valence-corrected chi connectivity index (χ1v) is 17.8. The van der Waals surface area contributed by atoms with Crippen molar-refractivity contribution in [3.8, 4) is 0 Å². The van der Waals surface area contributed by atoms with E-state index in [9.17, 15) is 0 Å². The molecule has 0 heteroatoms. The number of unbranched alkanes of at least 4 members (excludes halogenated alkanes) is 1. The topological polar surface area (TPSA) is 0 Å². The van der Waals surface area contributed by atoms with Gasteiger partial charge in [0, 0.05) is 0 Å². The van der Waals surface area contributed by atoms with Crippen molar-refractivity contribution in [2.75, 3.05) is 0 Å². The standard InChI is InChI=1S/C40H72/c1-31(19-13-21-33(3)25-27-37-35(5)23-15-29-39(37,7)8)17-11-12-18-32(2)20-14-22-34(4)26-28-38-36(6)24-16-30-40(38,9)10/h15,22,29,31-32,35-38H,3,11-14,16-21,23-28,30H2,1-2,4-10H3/b34-22+/t31?,32-,35+,36-,37+,38+/m0/s1. The molecule has 0 amide bonds. The molecule has 0 aromatic heterocycles. The van der Waals surface area contributed by atoms with Crippen molar-refractivity contribution < 1.29 is 0 Å². The Hall–Kier alpha value is -0.780. The van der Waals surface area contributed by atoms with Crippen LogP contribution in [0.15, 0.2) is 36.0 Å². The van der Waals surface area contributed by atoms with Gasteiger partial charge in [-0.25, -0.2) is 0 Å². The van der Waals surface area contributed by atoms with Gasteiger partial charge in [-0.2, -0.15) is 0 Å². The van der Waals surface area contributed by atoms with E-state index in [1.54, 1.807) is 5.57 Å². The van der Waals surface area contributed by atoms with Crippen LogP contribution in [0.5, 0.6) is 0 Å². The van der Waals surface area contributed by atoms with Crippen LogP contribution in [0.4, 0.5) is 0 Å². The number of hydrogen-bond donors (Lipinski definition) is 0. The van der Waals surface area contributed by atoms with E-state index in [1.807, 2.05) is 0 Å². The highest BCUT2D eigenvalue weighted by Crippen LogP contribution is 2.46. The van der Waals surface area contributed by atoms with Crippen LogP contribution >= 0.6 is 0 Å². The molecular formula is C40H72. The Balaban J connectivity index is 1.50. The van der Waals surface area contributed by atoms with Crippen molar-refractivity contribution in [3.63, 3.8) is 0 Å². The van der Waals surface area contributed by atoms with Crippen molar-refractivity contribution in [2.45, 2.75) is 171 Å². The summed E-state index contributed by atoms with van der Waals surface area (Å²) in [5.41, 5.74) is 4.03. The highest BCUT2D eigenvalue weighted by atomic mass is 14.4. The van der Waals surface area contributed by atoms with Gasteiger partial charge in [0.1, 0.15) is 0 Å². The van der Waals surface area contributed by atoms with Crippen molar-refractivity contribution in [1.82, 2.24) is 0 Å². The maximum absolute atomic E-state index is 4.46. The fourth-order valence-corrected chi connectivity index (χ4v) is 8.53. The second-order valence-electron chi connectivity index (χ2n) is 16.4. The van der Waals surface area contributed by atoms with E-state index in [0.29, 0.717) is 10.8 Å². The van der Waals surface area contributed by atoms with Gasteiger partial charge < -0.3 is 0 Å². The van der Waals surface area contributed by atoms with E-state index in [1.165, 1.54) is 115 Å². The van der Waals surface area contributed by atoms with Crippen LogP contribution in [0.1, 0.15) is 171 Å². The monoisotopic (exact) mass is 553 g/mol. The third-order valence-electron chi connectivity index (χ3n) is 11.6. The zero-order valence-corrected chi connectivity index (χ0v) is 28.9. The molecule has 0 saturated heterocycles. The molecule has 40 heavy (non-hydrogen) atoms. The lowest BCUT2D eigenvalue weighted by Gasteiger charge is -2.43. The molecule has 0 aliphatic heterocycles. The summed E-state index contributed by atoms with van der Waals surface area (Å²) in [6, 6.07) is 0. The molecular weight excluding hydrogens is 480 g/mol. The Kier molecular flexibility index (Phi) is 15.4. The van der Waals surface area contributed by atoms with Gasteiger partial charge in [-0.15, -0.1) is 0 Å². The summed E-state index contributed by atoms with van der Waals surface area (Å²) in [4.78, 5) is 0. The summed E-state index contributed by atoms with van der Waals surface area (Å²) in [7, 11) is 0. The molecule has 232 valence electrons. The van der Waals surface area contributed by atoms with Crippen molar-refractivity contribution in [3.05, 3.63) is 36.0 Å². The summed E-state index contributed by atoms with van der Waals surface area (Å²) in [6.45, 7) is 26.6. The average molecular weight is 553 g/mol. The molecule has 0 aromatic carbocycles. The molecule has 1 unspecified atom stereocenters. The fraction of sp³-hybridized carbons (Fsp3) is 0.850. The first-order valence-electron chi connectivity index (χ1n) is 17.8. The summed E-state index contributed by atoms with van der Waals surface area (Å²) < 4.78 is 0. The third kappa shape index (κ3) is 12.6. The van der Waals surface area contributed by atoms with Crippen LogP contribution in [-0.4, -0.2) is 0 Å². The molecule has 2 rings (SSSR count). The molecule has 0 radical (unpaired) electrons. The van der Waals surface area contributed by atoms with Crippen molar-refractivity contribution >= 4 is 0 Å². The number of allylic oxidation sites excluding steroid dienone is 5. The first kappa shape index (κ1) is 35.4. The van der Waals surface area contributed by atoms with E-state index in [2.05, 4.69) is 87.1 Å². The smallest absolute Gasteiger partial charge is 0.0144 e. The molecule has 0 N–H and O–H groups in total. The zero-order valence-electron chi connectivity index (χ0n) is 28.9. The molecule has 0 aromatic rings. The van der Waals surface area contributed by atoms with E-state index < -0.39 is 0 Å². The molecule has 1 saturated carbocycles. The Morgan fingerprint density at radius 2 is 1.48 bits per heavy atom. The van der Waals surface area contributed by atoms with Crippen LogP contribution in [-0.2, 0) is 0 Å². The summed E-state index contributed by atoms with van der Waals surface area (Å²) in [6.07, 6.45) is 30.5. The number of rotatable bonds is 18. The molecule has 0 nitrogen and oxygen atoms in total. The lowest BCUT2D eigenvalue weighted by Crippen LogP contribution is -2.33. The minimum atomic E-state index is 0.352. The molecule has 6 atom stereocenters. The van der Waals surface area contributed by atoms with Crippen molar-refractivity contribution in [2.24, 2.45) is 46.3 Å². The average Bonchev–Trinajstić information content (AvgIpc) is 2.85. The van der Waals surface area contributed by atoms with Crippen LogP contribution in [0.2, 0.25) is 0 Å². The molecule has 0 bridgehead atoms. The van der Waals surface area contributed by atoms with Crippen LogP contribution < -0.4 is 0 Å². The van der Waals surface area contributed by atoms with E-state index in [-0.39, 0.29) is 0 Å². The van der Waals surface area contributed by atoms with Gasteiger partial charge in [-0.05, 0) is 117 Å². The Morgan fingerprint density at radius 3 is 2.12 bits per heavy atom. The largest absolute Gasteiger partial charge is 0.0999 e. The molecule has 0 heterocycles.